The average molecular weight is 374 g/mol. The van der Waals surface area contributed by atoms with Gasteiger partial charge in [-0.25, -0.2) is 4.58 Å². The fraction of sp³-hybridized carbons (Fsp3) is 0.591. The maximum Gasteiger partial charge on any atom is 0.203 e. The highest BCUT2D eigenvalue weighted by Gasteiger charge is 2.19. The van der Waals surface area contributed by atoms with Crippen LogP contribution in [0, 0.1) is 0 Å². The molecule has 0 spiro atoms. The molecule has 148 valence electrons. The highest BCUT2D eigenvalue weighted by atomic mass is 16.5. The van der Waals surface area contributed by atoms with Gasteiger partial charge in [-0.1, -0.05) is 0 Å². The number of methoxy groups -OCH3 is 3. The maximum absolute atomic E-state index is 5.58. The molecular formula is C22H33N2O3+. The molecule has 2 saturated heterocycles. The first-order valence-corrected chi connectivity index (χ1v) is 10.1. The molecule has 0 aliphatic carbocycles. The summed E-state index contributed by atoms with van der Waals surface area (Å²) in [6.45, 7) is 4.51. The minimum absolute atomic E-state index is 0.638. The van der Waals surface area contributed by atoms with Gasteiger partial charge < -0.3 is 19.1 Å². The quantitative estimate of drug-likeness (QED) is 0.710. The second-order valence-electron chi connectivity index (χ2n) is 7.32. The van der Waals surface area contributed by atoms with Gasteiger partial charge >= 0.3 is 0 Å². The molecule has 0 radical (unpaired) electrons. The summed E-state index contributed by atoms with van der Waals surface area (Å²) in [5.41, 5.74) is 2.30. The van der Waals surface area contributed by atoms with E-state index in [1.54, 1.807) is 21.3 Å². The zero-order chi connectivity index (χ0) is 19.1. The summed E-state index contributed by atoms with van der Waals surface area (Å²) in [6, 6.07) is 4.11. The van der Waals surface area contributed by atoms with Crippen LogP contribution in [0.5, 0.6) is 17.2 Å². The summed E-state index contributed by atoms with van der Waals surface area (Å²) in [5, 5.41) is 0. The van der Waals surface area contributed by atoms with Crippen molar-refractivity contribution in [1.82, 2.24) is 4.90 Å². The van der Waals surface area contributed by atoms with Crippen molar-refractivity contribution in [2.45, 2.75) is 38.5 Å². The standard InChI is InChI=1S/C22H33N2O3/c1-25-20-14-18(15-21(26-2)22(20)27-3)19(16-23-10-6-4-7-11-23)17-24-12-8-5-9-13-24/h14-17H,4-13H2,1-3H3/q+1. The van der Waals surface area contributed by atoms with Gasteiger partial charge in [-0.3, -0.25) is 0 Å². The summed E-state index contributed by atoms with van der Waals surface area (Å²) in [7, 11) is 4.98. The predicted octanol–water partition coefficient (Wildman–Crippen LogP) is 3.81. The average Bonchev–Trinajstić information content (AvgIpc) is 2.73. The van der Waals surface area contributed by atoms with Gasteiger partial charge in [0.25, 0.3) is 0 Å². The normalized spacial score (nSPS) is 18.3. The van der Waals surface area contributed by atoms with Crippen LogP contribution in [-0.2, 0) is 0 Å². The van der Waals surface area contributed by atoms with Gasteiger partial charge in [0.15, 0.2) is 17.7 Å². The molecule has 0 bridgehead atoms. The summed E-state index contributed by atoms with van der Waals surface area (Å²) < 4.78 is 19.1. The number of benzene rings is 1. The van der Waals surface area contributed by atoms with Crippen LogP contribution in [0.4, 0.5) is 0 Å². The van der Waals surface area contributed by atoms with Gasteiger partial charge in [-0.05, 0) is 43.4 Å². The van der Waals surface area contributed by atoms with Crippen LogP contribution in [0.15, 0.2) is 18.3 Å². The molecular weight excluding hydrogens is 340 g/mol. The summed E-state index contributed by atoms with van der Waals surface area (Å²) in [6.07, 6.45) is 12.4. The third-order valence-electron chi connectivity index (χ3n) is 5.42. The third kappa shape index (κ3) is 4.96. The first kappa shape index (κ1) is 19.6. The van der Waals surface area contributed by atoms with Crippen LogP contribution in [-0.4, -0.2) is 63.2 Å². The molecule has 0 amide bonds. The fourth-order valence-corrected chi connectivity index (χ4v) is 3.92. The molecule has 0 atom stereocenters. The lowest BCUT2D eigenvalue weighted by atomic mass is 10.0. The van der Waals surface area contributed by atoms with Crippen LogP contribution >= 0.6 is 0 Å². The lowest BCUT2D eigenvalue weighted by Crippen LogP contribution is -2.26. The Kier molecular flexibility index (Phi) is 7.02. The SMILES string of the molecule is COc1cc(/C(C=[N+]2CCCCC2)=C\N2CCCCC2)cc(OC)c1OC. The molecule has 1 aromatic rings. The van der Waals surface area contributed by atoms with E-state index < -0.39 is 0 Å². The third-order valence-corrected chi connectivity index (χ3v) is 5.42. The van der Waals surface area contributed by atoms with E-state index in [1.807, 2.05) is 0 Å². The Balaban J connectivity index is 2.02. The highest BCUT2D eigenvalue weighted by Crippen LogP contribution is 2.39. The molecule has 2 fully saturated rings. The molecule has 0 N–H and O–H groups in total. The van der Waals surface area contributed by atoms with E-state index in [-0.39, 0.29) is 0 Å². The minimum atomic E-state index is 0.638. The van der Waals surface area contributed by atoms with E-state index in [0.29, 0.717) is 17.2 Å². The molecule has 3 rings (SSSR count). The van der Waals surface area contributed by atoms with Gasteiger partial charge in [0.1, 0.15) is 13.1 Å². The van der Waals surface area contributed by atoms with E-state index in [9.17, 15) is 0 Å². The number of allylic oxidation sites excluding steroid dienone is 1. The summed E-state index contributed by atoms with van der Waals surface area (Å²) in [4.78, 5) is 2.45. The van der Waals surface area contributed by atoms with Gasteiger partial charge in [0, 0.05) is 32.1 Å². The van der Waals surface area contributed by atoms with Crippen LogP contribution in [0.25, 0.3) is 5.57 Å². The number of hydrogen-bond donors (Lipinski definition) is 0. The Hall–Kier alpha value is -2.17. The first-order chi connectivity index (χ1) is 13.2. The second-order valence-corrected chi connectivity index (χ2v) is 7.32. The zero-order valence-electron chi connectivity index (χ0n) is 17.0. The Bertz CT molecular complexity index is 658. The largest absolute Gasteiger partial charge is 0.493 e. The van der Waals surface area contributed by atoms with Gasteiger partial charge in [0.2, 0.25) is 5.75 Å². The van der Waals surface area contributed by atoms with Crippen LogP contribution in [0.2, 0.25) is 0 Å². The van der Waals surface area contributed by atoms with Crippen molar-refractivity contribution in [3.63, 3.8) is 0 Å². The van der Waals surface area contributed by atoms with Crippen molar-refractivity contribution >= 4 is 11.8 Å². The monoisotopic (exact) mass is 373 g/mol. The molecule has 2 aliphatic rings. The van der Waals surface area contributed by atoms with Crippen molar-refractivity contribution in [3.8, 4) is 17.2 Å². The lowest BCUT2D eigenvalue weighted by molar-refractivity contribution is -0.531. The van der Waals surface area contributed by atoms with Crippen LogP contribution in [0.3, 0.4) is 0 Å². The van der Waals surface area contributed by atoms with Crippen molar-refractivity contribution < 1.29 is 18.8 Å². The van der Waals surface area contributed by atoms with Gasteiger partial charge in [-0.15, -0.1) is 0 Å². The molecule has 5 heteroatoms. The molecule has 27 heavy (non-hydrogen) atoms. The number of ether oxygens (including phenoxy) is 3. The van der Waals surface area contributed by atoms with Crippen LogP contribution < -0.4 is 14.2 Å². The van der Waals surface area contributed by atoms with Crippen molar-refractivity contribution in [2.24, 2.45) is 0 Å². The number of piperidine rings is 2. The number of hydrogen-bond acceptors (Lipinski definition) is 4. The molecule has 2 aliphatic heterocycles. The molecule has 0 saturated carbocycles. The minimum Gasteiger partial charge on any atom is -0.493 e. The van der Waals surface area contributed by atoms with E-state index >= 15 is 0 Å². The van der Waals surface area contributed by atoms with E-state index in [2.05, 4.69) is 34.0 Å². The van der Waals surface area contributed by atoms with Gasteiger partial charge in [0.05, 0.1) is 26.9 Å². The number of nitrogens with zero attached hydrogens (tertiary/aromatic N) is 2. The Morgan fingerprint density at radius 3 is 2.00 bits per heavy atom. The first-order valence-electron chi connectivity index (χ1n) is 10.1. The molecule has 2 heterocycles. The van der Waals surface area contributed by atoms with Crippen molar-refractivity contribution in [1.29, 1.82) is 0 Å². The van der Waals surface area contributed by atoms with E-state index in [1.165, 1.54) is 44.1 Å². The predicted molar refractivity (Wildman–Crippen MR) is 109 cm³/mol. The summed E-state index contributed by atoms with van der Waals surface area (Å²) in [5.74, 6) is 2.03. The second kappa shape index (κ2) is 9.67. The van der Waals surface area contributed by atoms with Crippen molar-refractivity contribution in [2.75, 3.05) is 47.5 Å². The molecule has 1 aromatic carbocycles. The maximum atomic E-state index is 5.58. The molecule has 5 nitrogen and oxygen atoms in total. The van der Waals surface area contributed by atoms with Crippen LogP contribution in [0.1, 0.15) is 44.1 Å². The Labute approximate surface area is 163 Å². The Morgan fingerprint density at radius 1 is 0.852 bits per heavy atom. The lowest BCUT2D eigenvalue weighted by Gasteiger charge is -2.26. The number of likely N-dealkylation sites (tertiary alicyclic amines) is 1. The summed E-state index contributed by atoms with van der Waals surface area (Å²) >= 11 is 0. The fourth-order valence-electron chi connectivity index (χ4n) is 3.92. The van der Waals surface area contributed by atoms with Gasteiger partial charge in [-0.2, -0.15) is 0 Å². The number of rotatable bonds is 6. The Morgan fingerprint density at radius 2 is 1.44 bits per heavy atom. The van der Waals surface area contributed by atoms with Crippen molar-refractivity contribution in [3.05, 3.63) is 23.9 Å². The van der Waals surface area contributed by atoms with E-state index in [4.69, 9.17) is 14.2 Å². The topological polar surface area (TPSA) is 33.9 Å². The molecule has 0 aromatic heterocycles. The van der Waals surface area contributed by atoms with E-state index in [0.717, 1.165) is 31.7 Å². The smallest absolute Gasteiger partial charge is 0.203 e. The molecule has 0 unspecified atom stereocenters. The zero-order valence-corrected chi connectivity index (χ0v) is 17.0. The highest BCUT2D eigenvalue weighted by molar-refractivity contribution is 6.07.